The monoisotopic (exact) mass is 536 g/mol. The van der Waals surface area contributed by atoms with E-state index in [4.69, 9.17) is 18.3 Å². The van der Waals surface area contributed by atoms with Crippen LogP contribution in [-0.4, -0.2) is 30.3 Å². The fourth-order valence-electron chi connectivity index (χ4n) is 4.88. The Morgan fingerprint density at radius 2 is 1.80 bits per heavy atom. The minimum absolute atomic E-state index is 0.294. The maximum atomic E-state index is 13.5. The molecule has 2 aromatic heterocycles. The average Bonchev–Trinajstić information content (AvgIpc) is 3.41. The Morgan fingerprint density at radius 3 is 2.65 bits per heavy atom. The zero-order valence-corrected chi connectivity index (χ0v) is 21.7. The zero-order valence-electron chi connectivity index (χ0n) is 21.7. The molecular formula is C31H24N2O7. The van der Waals surface area contributed by atoms with Crippen LogP contribution in [0.3, 0.4) is 0 Å². The molecule has 200 valence electrons. The van der Waals surface area contributed by atoms with Crippen molar-refractivity contribution in [2.45, 2.75) is 19.4 Å². The lowest BCUT2D eigenvalue weighted by Crippen LogP contribution is -2.31. The summed E-state index contributed by atoms with van der Waals surface area (Å²) in [5.74, 6) is 0.581. The van der Waals surface area contributed by atoms with Gasteiger partial charge in [0.25, 0.3) is 5.91 Å². The number of hydrogen-bond acceptors (Lipinski definition) is 8. The summed E-state index contributed by atoms with van der Waals surface area (Å²) in [4.78, 5) is 38.2. The summed E-state index contributed by atoms with van der Waals surface area (Å²) < 4.78 is 22.0. The molecule has 0 saturated carbocycles. The molecule has 0 N–H and O–H groups in total. The second-order valence-electron chi connectivity index (χ2n) is 9.46. The topological polar surface area (TPSA) is 112 Å². The minimum atomic E-state index is -0.527. The Hall–Kier alpha value is -5.18. The molecule has 0 bridgehead atoms. The first-order chi connectivity index (χ1) is 19.4. The van der Waals surface area contributed by atoms with E-state index in [1.165, 1.54) is 11.1 Å². The van der Waals surface area contributed by atoms with Crippen LogP contribution in [0.25, 0.3) is 21.9 Å². The van der Waals surface area contributed by atoms with E-state index in [0.29, 0.717) is 40.4 Å². The van der Waals surface area contributed by atoms with E-state index < -0.39 is 23.2 Å². The smallest absolute Gasteiger partial charge is 0.345 e. The van der Waals surface area contributed by atoms with Crippen LogP contribution in [0.15, 0.2) is 102 Å². The second-order valence-corrected chi connectivity index (χ2v) is 9.46. The largest absolute Gasteiger partial charge is 0.497 e. The highest BCUT2D eigenvalue weighted by Gasteiger charge is 2.34. The number of rotatable bonds is 6. The van der Waals surface area contributed by atoms with E-state index in [2.05, 4.69) is 5.10 Å². The van der Waals surface area contributed by atoms with E-state index in [0.717, 1.165) is 21.9 Å². The van der Waals surface area contributed by atoms with Crippen molar-refractivity contribution in [2.75, 3.05) is 13.7 Å². The number of hydrogen-bond donors (Lipinski definition) is 0. The first-order valence-corrected chi connectivity index (χ1v) is 12.6. The summed E-state index contributed by atoms with van der Waals surface area (Å²) in [6.07, 6.45) is 0.294. The van der Waals surface area contributed by atoms with E-state index in [1.54, 1.807) is 43.5 Å². The van der Waals surface area contributed by atoms with Gasteiger partial charge in [0.1, 0.15) is 22.7 Å². The van der Waals surface area contributed by atoms with E-state index in [-0.39, 0.29) is 6.61 Å². The molecule has 0 fully saturated rings. The lowest BCUT2D eigenvalue weighted by molar-refractivity contribution is -0.135. The van der Waals surface area contributed by atoms with Gasteiger partial charge in [0.2, 0.25) is 0 Å². The molecule has 1 atom stereocenters. The van der Waals surface area contributed by atoms with Crippen molar-refractivity contribution in [3.05, 3.63) is 116 Å². The summed E-state index contributed by atoms with van der Waals surface area (Å²) in [6.45, 7) is 1.49. The first-order valence-electron chi connectivity index (χ1n) is 12.6. The number of carbonyl (C=O) groups excluding carboxylic acids is 1. The van der Waals surface area contributed by atoms with Crippen LogP contribution in [0.2, 0.25) is 0 Å². The number of fused-ring (bicyclic) bond motifs is 2. The number of amides is 1. The molecule has 6 rings (SSSR count). The Bertz CT molecular complexity index is 1920. The number of nitrogens with zero attached hydrogens (tertiary/aromatic N) is 2. The number of ether oxygens (including phenoxy) is 2. The van der Waals surface area contributed by atoms with Crippen LogP contribution >= 0.6 is 0 Å². The number of aryl methyl sites for hydroxylation is 1. The molecule has 9 nitrogen and oxygen atoms in total. The van der Waals surface area contributed by atoms with Gasteiger partial charge in [-0.3, -0.25) is 4.79 Å². The molecule has 1 amide bonds. The van der Waals surface area contributed by atoms with Crippen molar-refractivity contribution < 1.29 is 23.1 Å². The summed E-state index contributed by atoms with van der Waals surface area (Å²) in [6, 6.07) is 22.3. The Kier molecular flexibility index (Phi) is 6.39. The van der Waals surface area contributed by atoms with Gasteiger partial charge in [-0.1, -0.05) is 30.3 Å². The van der Waals surface area contributed by atoms with Crippen LogP contribution in [0.5, 0.6) is 11.5 Å². The Labute approximate surface area is 227 Å². The third kappa shape index (κ3) is 4.73. The Balaban J connectivity index is 1.32. The molecule has 3 heterocycles. The first kappa shape index (κ1) is 25.1. The van der Waals surface area contributed by atoms with Crippen molar-refractivity contribution in [2.24, 2.45) is 5.10 Å². The molecule has 3 aromatic carbocycles. The molecule has 1 aliphatic heterocycles. The van der Waals surface area contributed by atoms with Gasteiger partial charge in [0.15, 0.2) is 6.61 Å². The molecule has 1 unspecified atom stereocenters. The van der Waals surface area contributed by atoms with Gasteiger partial charge in [-0.2, -0.15) is 5.10 Å². The highest BCUT2D eigenvalue weighted by atomic mass is 16.5. The fraction of sp³-hybridized carbons (Fsp3) is 0.161. The van der Waals surface area contributed by atoms with Crippen LogP contribution in [0, 0.1) is 6.92 Å². The lowest BCUT2D eigenvalue weighted by atomic mass is 9.98. The van der Waals surface area contributed by atoms with Crippen LogP contribution in [0.1, 0.15) is 29.2 Å². The average molecular weight is 537 g/mol. The van der Waals surface area contributed by atoms with Crippen molar-refractivity contribution in [3.8, 4) is 11.5 Å². The number of para-hydroxylation sites is 1. The van der Waals surface area contributed by atoms with Crippen LogP contribution in [-0.2, 0) is 4.79 Å². The number of methoxy groups -OCH3 is 1. The van der Waals surface area contributed by atoms with Crippen LogP contribution < -0.4 is 20.7 Å². The van der Waals surface area contributed by atoms with Crippen molar-refractivity contribution in [3.63, 3.8) is 0 Å². The highest BCUT2D eigenvalue weighted by molar-refractivity contribution is 6.04. The second kappa shape index (κ2) is 10.2. The van der Waals surface area contributed by atoms with Gasteiger partial charge in [-0.05, 0) is 54.4 Å². The van der Waals surface area contributed by atoms with Gasteiger partial charge in [-0.15, -0.1) is 0 Å². The molecule has 0 aliphatic carbocycles. The number of benzene rings is 3. The van der Waals surface area contributed by atoms with Gasteiger partial charge in [0, 0.05) is 29.3 Å². The maximum absolute atomic E-state index is 13.5. The molecule has 0 spiro atoms. The summed E-state index contributed by atoms with van der Waals surface area (Å²) in [5.41, 5.74) is 2.16. The Morgan fingerprint density at radius 1 is 0.950 bits per heavy atom. The van der Waals surface area contributed by atoms with E-state index in [1.807, 2.05) is 43.3 Å². The SMILES string of the molecule is COc1cccc(C2CC(c3cc4ccccc4oc3=O)=NN2C(=O)COc2ccc3c(C)cc(=O)oc3c2)c1. The van der Waals surface area contributed by atoms with Gasteiger partial charge in [-0.25, -0.2) is 14.6 Å². The maximum Gasteiger partial charge on any atom is 0.345 e. The number of hydrazone groups is 1. The third-order valence-electron chi connectivity index (χ3n) is 6.88. The van der Waals surface area contributed by atoms with Crippen LogP contribution in [0.4, 0.5) is 0 Å². The van der Waals surface area contributed by atoms with Gasteiger partial charge < -0.3 is 18.3 Å². The molecule has 40 heavy (non-hydrogen) atoms. The highest BCUT2D eigenvalue weighted by Crippen LogP contribution is 2.34. The number of carbonyl (C=O) groups is 1. The third-order valence-corrected chi connectivity index (χ3v) is 6.88. The molecule has 9 heteroatoms. The molecule has 0 saturated heterocycles. The lowest BCUT2D eigenvalue weighted by Gasteiger charge is -2.22. The fourth-order valence-corrected chi connectivity index (χ4v) is 4.88. The summed E-state index contributed by atoms with van der Waals surface area (Å²) in [7, 11) is 1.57. The van der Waals surface area contributed by atoms with E-state index >= 15 is 0 Å². The normalized spacial score (nSPS) is 14.9. The quantitative estimate of drug-likeness (QED) is 0.282. The van der Waals surface area contributed by atoms with E-state index in [9.17, 15) is 14.4 Å². The molecule has 1 aliphatic rings. The predicted molar refractivity (Wildman–Crippen MR) is 149 cm³/mol. The minimum Gasteiger partial charge on any atom is -0.497 e. The molecule has 0 radical (unpaired) electrons. The zero-order chi connectivity index (χ0) is 27.8. The molecule has 5 aromatic rings. The summed E-state index contributed by atoms with van der Waals surface area (Å²) in [5, 5.41) is 7.45. The molecular weight excluding hydrogens is 512 g/mol. The van der Waals surface area contributed by atoms with Crippen molar-refractivity contribution in [1.82, 2.24) is 5.01 Å². The van der Waals surface area contributed by atoms with Crippen molar-refractivity contribution in [1.29, 1.82) is 0 Å². The van der Waals surface area contributed by atoms with Gasteiger partial charge in [0.05, 0.1) is 24.4 Å². The summed E-state index contributed by atoms with van der Waals surface area (Å²) >= 11 is 0. The van der Waals surface area contributed by atoms with Gasteiger partial charge >= 0.3 is 11.3 Å². The van der Waals surface area contributed by atoms with Crippen molar-refractivity contribution >= 4 is 33.6 Å². The predicted octanol–water partition coefficient (Wildman–Crippen LogP) is 4.97. The standard InChI is InChI=1S/C31H24N2O7/c1-18-12-30(35)39-28-15-22(10-11-23(18)28)38-17-29(34)33-26(19-7-5-8-21(13-19)37-2)16-25(32-33)24-14-20-6-3-4-9-27(20)40-31(24)36/h3-15,26H,16-17H2,1-2H3.